The van der Waals surface area contributed by atoms with Crippen molar-refractivity contribution < 1.29 is 9.84 Å². The monoisotopic (exact) mass is 259 g/mol. The van der Waals surface area contributed by atoms with Crippen LogP contribution in [0.2, 0.25) is 0 Å². The Hall–Kier alpha value is -1.65. The predicted molar refractivity (Wildman–Crippen MR) is 73.5 cm³/mol. The lowest BCUT2D eigenvalue weighted by Crippen LogP contribution is -2.53. The summed E-state index contributed by atoms with van der Waals surface area (Å²) in [4.78, 5) is 12.6. The van der Waals surface area contributed by atoms with Gasteiger partial charge in [-0.1, -0.05) is 18.2 Å². The Morgan fingerprint density at radius 2 is 2.11 bits per heavy atom. The van der Waals surface area contributed by atoms with Crippen LogP contribution in [0.4, 0.5) is 0 Å². The molecule has 1 fully saturated rings. The van der Waals surface area contributed by atoms with Crippen LogP contribution in [0.3, 0.4) is 0 Å². The lowest BCUT2D eigenvalue weighted by atomic mass is 9.79. The van der Waals surface area contributed by atoms with Crippen molar-refractivity contribution in [3.63, 3.8) is 0 Å². The lowest BCUT2D eigenvalue weighted by Gasteiger charge is -2.40. The van der Waals surface area contributed by atoms with Crippen molar-refractivity contribution in [3.8, 4) is 0 Å². The Labute approximate surface area is 111 Å². The zero-order valence-electron chi connectivity index (χ0n) is 10.9. The SMILES string of the molecule is CCn1c(=O)c(C2(CO)COC2)cc2ccccc21. The average Bonchev–Trinajstić information content (AvgIpc) is 2.39. The maximum absolute atomic E-state index is 12.6. The minimum absolute atomic E-state index is 0.0152. The van der Waals surface area contributed by atoms with Crippen LogP contribution in [0.1, 0.15) is 12.5 Å². The molecule has 1 aliphatic heterocycles. The number of hydrogen-bond donors (Lipinski definition) is 1. The van der Waals surface area contributed by atoms with Crippen molar-refractivity contribution in [2.24, 2.45) is 0 Å². The van der Waals surface area contributed by atoms with E-state index in [1.54, 1.807) is 4.57 Å². The van der Waals surface area contributed by atoms with E-state index in [9.17, 15) is 9.90 Å². The summed E-state index contributed by atoms with van der Waals surface area (Å²) in [7, 11) is 0. The van der Waals surface area contributed by atoms with Gasteiger partial charge in [0.05, 0.1) is 30.8 Å². The van der Waals surface area contributed by atoms with Crippen LogP contribution < -0.4 is 5.56 Å². The Morgan fingerprint density at radius 3 is 2.68 bits per heavy atom. The number of pyridine rings is 1. The van der Waals surface area contributed by atoms with E-state index >= 15 is 0 Å². The largest absolute Gasteiger partial charge is 0.395 e. The molecular weight excluding hydrogens is 242 g/mol. The summed E-state index contributed by atoms with van der Waals surface area (Å²) in [6.45, 7) is 3.36. The second-order valence-electron chi connectivity index (χ2n) is 5.10. The van der Waals surface area contributed by atoms with E-state index in [1.807, 2.05) is 37.3 Å². The average molecular weight is 259 g/mol. The fourth-order valence-electron chi connectivity index (χ4n) is 2.70. The van der Waals surface area contributed by atoms with Crippen LogP contribution >= 0.6 is 0 Å². The van der Waals surface area contributed by atoms with E-state index in [-0.39, 0.29) is 12.2 Å². The number of aliphatic hydroxyl groups is 1. The van der Waals surface area contributed by atoms with Gasteiger partial charge in [-0.3, -0.25) is 4.79 Å². The van der Waals surface area contributed by atoms with E-state index < -0.39 is 5.41 Å². The molecule has 3 rings (SSSR count). The topological polar surface area (TPSA) is 51.5 Å². The first-order chi connectivity index (χ1) is 9.22. The van der Waals surface area contributed by atoms with E-state index in [0.29, 0.717) is 25.3 Å². The highest BCUT2D eigenvalue weighted by molar-refractivity contribution is 5.80. The maximum Gasteiger partial charge on any atom is 0.255 e. The fraction of sp³-hybridized carbons (Fsp3) is 0.400. The summed E-state index contributed by atoms with van der Waals surface area (Å²) < 4.78 is 6.98. The second kappa shape index (κ2) is 4.47. The van der Waals surface area contributed by atoms with Gasteiger partial charge in [-0.15, -0.1) is 0 Å². The van der Waals surface area contributed by atoms with Gasteiger partial charge in [0.15, 0.2) is 0 Å². The first kappa shape index (κ1) is 12.4. The van der Waals surface area contributed by atoms with Gasteiger partial charge < -0.3 is 14.4 Å². The quantitative estimate of drug-likeness (QED) is 0.903. The molecule has 1 aliphatic rings. The third-order valence-corrected chi connectivity index (χ3v) is 3.95. The standard InChI is InChI=1S/C15H17NO3/c1-2-16-13-6-4-3-5-11(13)7-12(14(16)18)15(8-17)9-19-10-15/h3-7,17H,2,8-10H2,1H3. The highest BCUT2D eigenvalue weighted by Gasteiger charge is 2.42. The third-order valence-electron chi connectivity index (χ3n) is 3.95. The fourth-order valence-corrected chi connectivity index (χ4v) is 2.70. The molecule has 4 nitrogen and oxygen atoms in total. The molecule has 0 bridgehead atoms. The van der Waals surface area contributed by atoms with Crippen molar-refractivity contribution >= 4 is 10.9 Å². The minimum atomic E-state index is -0.516. The Bertz CT molecular complexity index is 665. The van der Waals surface area contributed by atoms with Crippen LogP contribution in [0.25, 0.3) is 10.9 Å². The number of para-hydroxylation sites is 1. The van der Waals surface area contributed by atoms with Crippen molar-refractivity contribution in [1.82, 2.24) is 4.57 Å². The molecule has 1 saturated heterocycles. The number of ether oxygens (including phenoxy) is 1. The van der Waals surface area contributed by atoms with Gasteiger partial charge in [-0.2, -0.15) is 0 Å². The normalized spacial score (nSPS) is 17.4. The molecule has 0 aliphatic carbocycles. The predicted octanol–water partition coefficient (Wildman–Crippen LogP) is 1.28. The number of rotatable bonds is 3. The first-order valence-electron chi connectivity index (χ1n) is 6.53. The molecule has 0 saturated carbocycles. The molecule has 0 unspecified atom stereocenters. The molecule has 0 spiro atoms. The van der Waals surface area contributed by atoms with Gasteiger partial charge in [0.25, 0.3) is 5.56 Å². The molecule has 1 aromatic carbocycles. The summed E-state index contributed by atoms with van der Waals surface area (Å²) in [5.74, 6) is 0. The van der Waals surface area contributed by atoms with Gasteiger partial charge in [0.2, 0.25) is 0 Å². The number of aliphatic hydroxyl groups excluding tert-OH is 1. The first-order valence-corrected chi connectivity index (χ1v) is 6.53. The highest BCUT2D eigenvalue weighted by atomic mass is 16.5. The van der Waals surface area contributed by atoms with Crippen LogP contribution in [0.15, 0.2) is 35.1 Å². The van der Waals surface area contributed by atoms with Crippen molar-refractivity contribution in [2.75, 3.05) is 19.8 Å². The van der Waals surface area contributed by atoms with Gasteiger partial charge in [-0.25, -0.2) is 0 Å². The smallest absolute Gasteiger partial charge is 0.255 e. The molecular formula is C15H17NO3. The highest BCUT2D eigenvalue weighted by Crippen LogP contribution is 2.31. The van der Waals surface area contributed by atoms with Gasteiger partial charge in [0, 0.05) is 12.1 Å². The van der Waals surface area contributed by atoms with E-state index in [4.69, 9.17) is 4.74 Å². The Kier molecular flexibility index (Phi) is 2.92. The van der Waals surface area contributed by atoms with E-state index in [0.717, 1.165) is 10.9 Å². The molecule has 0 radical (unpaired) electrons. The number of aryl methyl sites for hydroxylation is 1. The summed E-state index contributed by atoms with van der Waals surface area (Å²) in [6.07, 6.45) is 0. The number of fused-ring (bicyclic) bond motifs is 1. The zero-order valence-corrected chi connectivity index (χ0v) is 10.9. The molecule has 1 aromatic heterocycles. The van der Waals surface area contributed by atoms with Crippen LogP contribution in [0.5, 0.6) is 0 Å². The molecule has 1 N–H and O–H groups in total. The van der Waals surface area contributed by atoms with Gasteiger partial charge in [0.1, 0.15) is 0 Å². The number of benzene rings is 1. The molecule has 4 heteroatoms. The Balaban J connectivity index is 2.32. The number of nitrogens with zero attached hydrogens (tertiary/aromatic N) is 1. The lowest BCUT2D eigenvalue weighted by molar-refractivity contribution is -0.0848. The van der Waals surface area contributed by atoms with Crippen LogP contribution in [0, 0.1) is 0 Å². The summed E-state index contributed by atoms with van der Waals surface area (Å²) in [5, 5.41) is 10.6. The molecule has 0 atom stereocenters. The van der Waals surface area contributed by atoms with E-state index in [1.165, 1.54) is 0 Å². The third kappa shape index (κ3) is 1.71. The van der Waals surface area contributed by atoms with Crippen LogP contribution in [-0.4, -0.2) is 29.5 Å². The minimum Gasteiger partial charge on any atom is -0.395 e. The van der Waals surface area contributed by atoms with E-state index in [2.05, 4.69) is 0 Å². The Morgan fingerprint density at radius 1 is 1.37 bits per heavy atom. The molecule has 0 amide bonds. The molecule has 2 heterocycles. The van der Waals surface area contributed by atoms with Crippen molar-refractivity contribution in [1.29, 1.82) is 0 Å². The molecule has 100 valence electrons. The number of aromatic nitrogens is 1. The summed E-state index contributed by atoms with van der Waals surface area (Å²) in [6, 6.07) is 9.74. The summed E-state index contributed by atoms with van der Waals surface area (Å²) in [5.41, 5.74) is 1.07. The molecule has 19 heavy (non-hydrogen) atoms. The van der Waals surface area contributed by atoms with Crippen molar-refractivity contribution in [3.05, 3.63) is 46.2 Å². The number of hydrogen-bond acceptors (Lipinski definition) is 3. The van der Waals surface area contributed by atoms with Gasteiger partial charge in [-0.05, 0) is 24.4 Å². The van der Waals surface area contributed by atoms with Gasteiger partial charge >= 0.3 is 0 Å². The van der Waals surface area contributed by atoms with Crippen LogP contribution in [-0.2, 0) is 16.7 Å². The maximum atomic E-state index is 12.6. The zero-order chi connectivity index (χ0) is 13.5. The molecule has 2 aromatic rings. The second-order valence-corrected chi connectivity index (χ2v) is 5.10. The summed E-state index contributed by atoms with van der Waals surface area (Å²) >= 11 is 0. The van der Waals surface area contributed by atoms with Crippen molar-refractivity contribution in [2.45, 2.75) is 18.9 Å².